The third kappa shape index (κ3) is 3.93. The van der Waals surface area contributed by atoms with Crippen molar-refractivity contribution in [1.82, 2.24) is 4.90 Å². The summed E-state index contributed by atoms with van der Waals surface area (Å²) < 4.78 is 14.2. The molecular weight excluding hydrogens is 307 g/mol. The Morgan fingerprint density at radius 1 is 1.53 bits per heavy atom. The van der Waals surface area contributed by atoms with E-state index in [2.05, 4.69) is 40.0 Å². The van der Waals surface area contributed by atoms with Crippen LogP contribution in [-0.2, 0) is 0 Å². The predicted octanol–water partition coefficient (Wildman–Crippen LogP) is 4.12. The van der Waals surface area contributed by atoms with Gasteiger partial charge in [0, 0.05) is 17.1 Å². The molecule has 4 heteroatoms. The molecule has 2 atom stereocenters. The van der Waals surface area contributed by atoms with E-state index in [0.717, 1.165) is 23.2 Å². The van der Waals surface area contributed by atoms with Crippen LogP contribution in [0.1, 0.15) is 26.7 Å². The van der Waals surface area contributed by atoms with Crippen LogP contribution in [0.2, 0.25) is 0 Å². The summed E-state index contributed by atoms with van der Waals surface area (Å²) in [6.07, 6.45) is 2.51. The predicted molar refractivity (Wildman–Crippen MR) is 82.0 cm³/mol. The molecule has 1 aliphatic rings. The summed E-state index contributed by atoms with van der Waals surface area (Å²) >= 11 is 3.47. The number of rotatable bonds is 4. The molecule has 0 aliphatic carbocycles. The molecule has 1 N–H and O–H groups in total. The van der Waals surface area contributed by atoms with Crippen LogP contribution in [0.4, 0.5) is 10.1 Å². The van der Waals surface area contributed by atoms with E-state index in [9.17, 15) is 4.39 Å². The van der Waals surface area contributed by atoms with Crippen molar-refractivity contribution < 1.29 is 4.39 Å². The number of anilines is 1. The zero-order chi connectivity index (χ0) is 13.8. The van der Waals surface area contributed by atoms with Crippen molar-refractivity contribution in [3.05, 3.63) is 28.5 Å². The molecule has 1 fully saturated rings. The van der Waals surface area contributed by atoms with E-state index in [0.29, 0.717) is 12.0 Å². The molecule has 1 aliphatic heterocycles. The molecule has 2 nitrogen and oxygen atoms in total. The topological polar surface area (TPSA) is 15.3 Å². The summed E-state index contributed by atoms with van der Waals surface area (Å²) in [6.45, 7) is 7.87. The third-order valence-corrected chi connectivity index (χ3v) is 4.70. The summed E-state index contributed by atoms with van der Waals surface area (Å²) in [4.78, 5) is 2.49. The van der Waals surface area contributed by atoms with E-state index in [-0.39, 0.29) is 5.82 Å². The fraction of sp³-hybridized carbons (Fsp3) is 0.600. The van der Waals surface area contributed by atoms with Crippen LogP contribution in [0.5, 0.6) is 0 Å². The lowest BCUT2D eigenvalue weighted by Gasteiger charge is -2.35. The van der Waals surface area contributed by atoms with Gasteiger partial charge in [-0.15, -0.1) is 0 Å². The maximum Gasteiger partial charge on any atom is 0.125 e. The number of halogens is 2. The third-order valence-electron chi connectivity index (χ3n) is 4.01. The van der Waals surface area contributed by atoms with Gasteiger partial charge in [-0.2, -0.15) is 0 Å². The first-order valence-electron chi connectivity index (χ1n) is 7.04. The fourth-order valence-electron chi connectivity index (χ4n) is 2.76. The normalized spacial score (nSPS) is 22.2. The van der Waals surface area contributed by atoms with Crippen molar-refractivity contribution in [3.63, 3.8) is 0 Å². The molecule has 0 radical (unpaired) electrons. The van der Waals surface area contributed by atoms with E-state index in [4.69, 9.17) is 0 Å². The number of likely N-dealkylation sites (tertiary alicyclic amines) is 1. The lowest BCUT2D eigenvalue weighted by molar-refractivity contribution is 0.172. The van der Waals surface area contributed by atoms with E-state index in [1.807, 2.05) is 0 Å². The summed E-state index contributed by atoms with van der Waals surface area (Å²) in [5.74, 6) is 0.431. The lowest BCUT2D eigenvalue weighted by Crippen LogP contribution is -2.41. The highest BCUT2D eigenvalue weighted by molar-refractivity contribution is 9.10. The monoisotopic (exact) mass is 328 g/mol. The average molecular weight is 329 g/mol. The Kier molecular flexibility index (Phi) is 5.22. The largest absolute Gasteiger partial charge is 0.381 e. The van der Waals surface area contributed by atoms with Crippen molar-refractivity contribution >= 4 is 21.6 Å². The van der Waals surface area contributed by atoms with Crippen LogP contribution in [-0.4, -0.2) is 30.6 Å². The van der Waals surface area contributed by atoms with Gasteiger partial charge in [-0.1, -0.05) is 6.92 Å². The first-order chi connectivity index (χ1) is 9.10. The molecule has 1 aromatic rings. The van der Waals surface area contributed by atoms with Gasteiger partial charge < -0.3 is 10.2 Å². The summed E-state index contributed by atoms with van der Waals surface area (Å²) in [7, 11) is 0. The molecule has 0 saturated carbocycles. The number of hydrogen-bond acceptors (Lipinski definition) is 2. The minimum atomic E-state index is -0.197. The Bertz CT molecular complexity index is 425. The number of nitrogens with zero attached hydrogens (tertiary/aromatic N) is 1. The number of hydrogen-bond donors (Lipinski definition) is 1. The van der Waals surface area contributed by atoms with Gasteiger partial charge in [0.25, 0.3) is 0 Å². The van der Waals surface area contributed by atoms with Crippen LogP contribution < -0.4 is 5.32 Å². The second kappa shape index (κ2) is 6.71. The van der Waals surface area contributed by atoms with Gasteiger partial charge in [-0.05, 0) is 72.9 Å². The van der Waals surface area contributed by atoms with Crippen LogP contribution in [0.3, 0.4) is 0 Å². The molecule has 1 aromatic carbocycles. The molecule has 0 aromatic heterocycles. The van der Waals surface area contributed by atoms with Gasteiger partial charge in [0.1, 0.15) is 5.82 Å². The quantitative estimate of drug-likeness (QED) is 0.894. The van der Waals surface area contributed by atoms with Gasteiger partial charge in [0.2, 0.25) is 0 Å². The molecule has 0 bridgehead atoms. The molecule has 106 valence electrons. The van der Waals surface area contributed by atoms with Crippen LogP contribution in [0.25, 0.3) is 0 Å². The maximum absolute atomic E-state index is 13.3. The van der Waals surface area contributed by atoms with E-state index in [1.54, 1.807) is 12.1 Å². The second-order valence-corrected chi connectivity index (χ2v) is 6.21. The summed E-state index contributed by atoms with van der Waals surface area (Å²) in [6, 6.07) is 5.14. The molecule has 1 heterocycles. The standard InChI is InChI=1S/C15H22BrFN2/c1-3-19-8-4-5-12(10-19)11(2)18-15-9-13(17)6-7-14(15)16/h6-7,9,11-12,18H,3-5,8,10H2,1-2H3. The van der Waals surface area contributed by atoms with Crippen LogP contribution in [0, 0.1) is 11.7 Å². The van der Waals surface area contributed by atoms with Crippen molar-refractivity contribution in [2.24, 2.45) is 5.92 Å². The van der Waals surface area contributed by atoms with Crippen molar-refractivity contribution in [2.75, 3.05) is 25.0 Å². The average Bonchev–Trinajstić information content (AvgIpc) is 2.43. The fourth-order valence-corrected chi connectivity index (χ4v) is 3.12. The Morgan fingerprint density at radius 3 is 3.05 bits per heavy atom. The van der Waals surface area contributed by atoms with Gasteiger partial charge >= 0.3 is 0 Å². The first kappa shape index (κ1) is 14.8. The first-order valence-corrected chi connectivity index (χ1v) is 7.83. The number of benzene rings is 1. The summed E-state index contributed by atoms with van der Waals surface area (Å²) in [5, 5.41) is 3.45. The minimum Gasteiger partial charge on any atom is -0.381 e. The van der Waals surface area contributed by atoms with E-state index < -0.39 is 0 Å². The van der Waals surface area contributed by atoms with Crippen molar-refractivity contribution in [2.45, 2.75) is 32.7 Å². The Morgan fingerprint density at radius 2 is 2.32 bits per heavy atom. The van der Waals surface area contributed by atoms with E-state index >= 15 is 0 Å². The molecule has 0 amide bonds. The Balaban J connectivity index is 2.00. The zero-order valence-electron chi connectivity index (χ0n) is 11.6. The van der Waals surface area contributed by atoms with Crippen molar-refractivity contribution in [1.29, 1.82) is 0 Å². The van der Waals surface area contributed by atoms with E-state index in [1.165, 1.54) is 25.5 Å². The number of nitrogens with one attached hydrogen (secondary N) is 1. The second-order valence-electron chi connectivity index (χ2n) is 5.35. The smallest absolute Gasteiger partial charge is 0.125 e. The Labute approximate surface area is 123 Å². The highest BCUT2D eigenvalue weighted by atomic mass is 79.9. The van der Waals surface area contributed by atoms with Gasteiger partial charge in [-0.3, -0.25) is 0 Å². The lowest BCUT2D eigenvalue weighted by atomic mass is 9.91. The SMILES string of the molecule is CCN1CCCC(C(C)Nc2cc(F)ccc2Br)C1. The molecule has 0 spiro atoms. The number of piperidine rings is 1. The molecule has 19 heavy (non-hydrogen) atoms. The highest BCUT2D eigenvalue weighted by Crippen LogP contribution is 2.27. The van der Waals surface area contributed by atoms with Crippen molar-refractivity contribution in [3.8, 4) is 0 Å². The van der Waals surface area contributed by atoms with Crippen LogP contribution in [0.15, 0.2) is 22.7 Å². The maximum atomic E-state index is 13.3. The zero-order valence-corrected chi connectivity index (χ0v) is 13.2. The molecular formula is C15H22BrFN2. The highest BCUT2D eigenvalue weighted by Gasteiger charge is 2.24. The molecule has 1 saturated heterocycles. The van der Waals surface area contributed by atoms with Gasteiger partial charge in [0.05, 0.1) is 5.69 Å². The summed E-state index contributed by atoms with van der Waals surface area (Å²) in [5.41, 5.74) is 0.848. The molecule has 2 rings (SSSR count). The Hall–Kier alpha value is -0.610. The molecule has 2 unspecified atom stereocenters. The van der Waals surface area contributed by atoms with Crippen LogP contribution >= 0.6 is 15.9 Å². The van der Waals surface area contributed by atoms with Gasteiger partial charge in [-0.25, -0.2) is 4.39 Å². The minimum absolute atomic E-state index is 0.197. The van der Waals surface area contributed by atoms with Gasteiger partial charge in [0.15, 0.2) is 0 Å².